The molecule has 3 aliphatic rings. The molecule has 0 saturated heterocycles. The smallest absolute Gasteiger partial charge is 0.303 e. The number of nitrogens with zero attached hydrogens (tertiary/aromatic N) is 6. The predicted molar refractivity (Wildman–Crippen MR) is 382 cm³/mol. The summed E-state index contributed by atoms with van der Waals surface area (Å²) < 4.78 is 88.3. The van der Waals surface area contributed by atoms with Crippen molar-refractivity contribution in [3.05, 3.63) is 144 Å². The average Bonchev–Trinajstić information content (AvgIpc) is 1.59. The normalized spacial score (nSPS) is 15.6. The number of carbonyl (C=O) groups is 5. The summed E-state index contributed by atoms with van der Waals surface area (Å²) >= 11 is 0. The second-order valence-corrected chi connectivity index (χ2v) is 29.3. The number of nitrogens with two attached hydrogens (primary N) is 1. The predicted octanol–water partition coefficient (Wildman–Crippen LogP) is 8.59. The van der Waals surface area contributed by atoms with Crippen molar-refractivity contribution in [1.29, 1.82) is 0 Å². The fourth-order valence-corrected chi connectivity index (χ4v) is 13.9. The number of rotatable bonds is 40. The molecule has 27 heteroatoms. The van der Waals surface area contributed by atoms with Gasteiger partial charge in [0.15, 0.2) is 5.71 Å². The van der Waals surface area contributed by atoms with Gasteiger partial charge in [0.25, 0.3) is 20.2 Å². The second kappa shape index (κ2) is 36.4. The van der Waals surface area contributed by atoms with Gasteiger partial charge >= 0.3 is 5.97 Å². The number of hydrogen-bond donors (Lipinski definition) is 7. The van der Waals surface area contributed by atoms with Crippen LogP contribution in [-0.4, -0.2) is 170 Å². The minimum Gasteiger partial charge on any atom is -0.481 e. The molecule has 540 valence electrons. The van der Waals surface area contributed by atoms with Crippen molar-refractivity contribution in [2.45, 2.75) is 147 Å². The number of ether oxygens (including phenoxy) is 3. The first kappa shape index (κ1) is 77.5. The summed E-state index contributed by atoms with van der Waals surface area (Å²) in [7, 11) is -8.70. The molecule has 4 aromatic carbocycles. The molecular formula is C73H97N10O15S2+. The molecule has 0 radical (unpaired) electrons. The van der Waals surface area contributed by atoms with Gasteiger partial charge in [-0.25, -0.2) is 4.68 Å². The first-order valence-corrected chi connectivity index (χ1v) is 37.4. The summed E-state index contributed by atoms with van der Waals surface area (Å²) in [6, 6.07) is 27.4. The number of benzene rings is 4. The number of unbranched alkanes of at least 4 members (excludes halogenated alkanes) is 4. The third kappa shape index (κ3) is 21.2. The number of hydrogen-bond acceptors (Lipinski definition) is 16. The lowest BCUT2D eigenvalue weighted by atomic mass is 9.81. The van der Waals surface area contributed by atoms with Crippen LogP contribution in [0.1, 0.15) is 128 Å². The molecule has 1 aromatic heterocycles. The van der Waals surface area contributed by atoms with E-state index in [1.165, 1.54) is 17.7 Å². The second-order valence-electron chi connectivity index (χ2n) is 26.3. The monoisotopic (exact) mass is 1420 g/mol. The molecule has 4 heterocycles. The zero-order valence-corrected chi connectivity index (χ0v) is 59.5. The number of carbonyl (C=O) groups excluding carboxylic acids is 4. The highest BCUT2D eigenvalue weighted by Gasteiger charge is 2.44. The van der Waals surface area contributed by atoms with Crippen molar-refractivity contribution in [3.63, 3.8) is 0 Å². The lowest BCUT2D eigenvalue weighted by Gasteiger charge is -2.29. The molecule has 0 saturated carbocycles. The summed E-state index contributed by atoms with van der Waals surface area (Å²) in [5.74, 6) is -2.38. The first-order valence-electron chi connectivity index (χ1n) is 34.4. The van der Waals surface area contributed by atoms with E-state index in [2.05, 4.69) is 62.9 Å². The van der Waals surface area contributed by atoms with Crippen LogP contribution >= 0.6 is 0 Å². The van der Waals surface area contributed by atoms with Crippen molar-refractivity contribution in [2.24, 2.45) is 11.7 Å². The van der Waals surface area contributed by atoms with Gasteiger partial charge in [0.05, 0.1) is 86.2 Å². The standard InChI is InChI=1S/C73H96N10O15S2/c1-52(22-18-19-37-76-71(89)59(74)33-35-67(86)87)70(88)77-39-43-96-45-47-98-48-46-97-44-42-83-69-56-25-14-16-27-60(56)82(51-53-23-12-13-24-55(53)68(69)78-79-83)66(85)36-38-75-65(84)31-11-6-7-20-40-80-61-28-17-15-26-57(61)72(2,3)63(80)29-9-8-10-30-64-73(4,5)58-50-54(100(93,94)95)32-34-62(58)81(64)41-21-49-99(90,91)92/h8-10,12-17,23-30,32,34,50,52,59H,6-7,11,18-22,31,33,35-49,51,74H2,1-5H3,(H5-,75,76,77,84,86,87,88,89,90,91,92,93,94,95)/p+1/t52?,59-/m1/s1. The van der Waals surface area contributed by atoms with Crippen LogP contribution in [-0.2, 0) is 82.3 Å². The molecule has 0 fully saturated rings. The van der Waals surface area contributed by atoms with Crippen LogP contribution < -0.4 is 31.5 Å². The molecule has 0 spiro atoms. The number of fused-ring (bicyclic) bond motifs is 7. The molecule has 25 nitrogen and oxygen atoms in total. The van der Waals surface area contributed by atoms with Gasteiger partial charge in [0.2, 0.25) is 29.3 Å². The van der Waals surface area contributed by atoms with Gasteiger partial charge in [-0.05, 0) is 93.8 Å². The van der Waals surface area contributed by atoms with Gasteiger partial charge in [-0.15, -0.1) is 5.10 Å². The fraction of sp³-hybridized carbons (Fsp3) is 0.479. The van der Waals surface area contributed by atoms with Crippen LogP contribution in [0.25, 0.3) is 22.5 Å². The maximum absolute atomic E-state index is 14.4. The van der Waals surface area contributed by atoms with Crippen molar-refractivity contribution < 1.29 is 73.8 Å². The summed E-state index contributed by atoms with van der Waals surface area (Å²) in [6.45, 7) is 14.7. The highest BCUT2D eigenvalue weighted by atomic mass is 32.2. The van der Waals surface area contributed by atoms with E-state index in [0.29, 0.717) is 114 Å². The van der Waals surface area contributed by atoms with Crippen LogP contribution in [0.5, 0.6) is 0 Å². The quantitative estimate of drug-likeness (QED) is 0.00835. The van der Waals surface area contributed by atoms with E-state index in [-0.39, 0.29) is 78.6 Å². The van der Waals surface area contributed by atoms with Crippen LogP contribution in [0.2, 0.25) is 0 Å². The van der Waals surface area contributed by atoms with E-state index in [1.807, 2.05) is 111 Å². The first-order chi connectivity index (χ1) is 47.8. The van der Waals surface area contributed by atoms with E-state index in [1.54, 1.807) is 15.6 Å². The van der Waals surface area contributed by atoms with Crippen LogP contribution in [0, 0.1) is 5.92 Å². The van der Waals surface area contributed by atoms with E-state index in [0.717, 1.165) is 71.7 Å². The molecule has 2 atom stereocenters. The van der Waals surface area contributed by atoms with Gasteiger partial charge in [0.1, 0.15) is 12.2 Å². The van der Waals surface area contributed by atoms with E-state index >= 15 is 0 Å². The third-order valence-electron chi connectivity index (χ3n) is 18.3. The molecule has 100 heavy (non-hydrogen) atoms. The molecule has 8 rings (SSSR count). The summed E-state index contributed by atoms with van der Waals surface area (Å²) in [4.78, 5) is 66.3. The Balaban J connectivity index is 0.758. The molecule has 0 bridgehead atoms. The summed E-state index contributed by atoms with van der Waals surface area (Å²) in [5, 5.41) is 26.6. The lowest BCUT2D eigenvalue weighted by molar-refractivity contribution is -0.438. The topological polar surface area (TPSA) is 344 Å². The van der Waals surface area contributed by atoms with Crippen molar-refractivity contribution in [3.8, 4) is 22.5 Å². The van der Waals surface area contributed by atoms with Gasteiger partial charge in [0, 0.05) is 103 Å². The Morgan fingerprint density at radius 3 is 2.11 bits per heavy atom. The fourth-order valence-electron chi connectivity index (χ4n) is 12.9. The SMILES string of the molecule is CC(CCCCNC(=O)[C@H](N)CCC(=O)O)C(=O)NCCOCCOCCOCCn1nnc2c1-c1ccccc1N(C(=O)CCNC(=O)CCCCCC[N+]1=C(/C=C/C=C/C=C3\N(CCCS(=O)(=O)O)c4ccc(S(=O)(=O)O)cc4C3(C)C)C(C)(C)c3ccccc31)Cc1ccccc1-2. The van der Waals surface area contributed by atoms with Crippen LogP contribution in [0.15, 0.2) is 132 Å². The molecule has 1 unspecified atom stereocenters. The highest BCUT2D eigenvalue weighted by Crippen LogP contribution is 2.49. The molecule has 5 aromatic rings. The number of nitrogens with one attached hydrogen (secondary N) is 3. The Bertz CT molecular complexity index is 4050. The van der Waals surface area contributed by atoms with E-state index < -0.39 is 43.4 Å². The maximum Gasteiger partial charge on any atom is 0.303 e. The van der Waals surface area contributed by atoms with Crippen molar-refractivity contribution in [1.82, 2.24) is 30.9 Å². The Hall–Kier alpha value is -8.28. The Kier molecular flexibility index (Phi) is 28.2. The number of amides is 4. The molecule has 0 aliphatic carbocycles. The highest BCUT2D eigenvalue weighted by molar-refractivity contribution is 7.86. The third-order valence-corrected chi connectivity index (χ3v) is 20.0. The Morgan fingerprint density at radius 1 is 0.670 bits per heavy atom. The minimum absolute atomic E-state index is 0.0726. The maximum atomic E-state index is 14.4. The van der Waals surface area contributed by atoms with E-state index in [9.17, 15) is 49.9 Å². The Labute approximate surface area is 586 Å². The largest absolute Gasteiger partial charge is 0.481 e. The van der Waals surface area contributed by atoms with Crippen molar-refractivity contribution >= 4 is 72.6 Å². The zero-order valence-electron chi connectivity index (χ0n) is 57.9. The number of allylic oxidation sites excluding steroid dienone is 6. The lowest BCUT2D eigenvalue weighted by Crippen LogP contribution is -2.41. The molecule has 8 N–H and O–H groups in total. The number of carboxylic acids is 1. The number of carboxylic acid groups (broad SMARTS) is 1. The average molecular weight is 1420 g/mol. The van der Waals surface area contributed by atoms with Crippen LogP contribution in [0.3, 0.4) is 0 Å². The summed E-state index contributed by atoms with van der Waals surface area (Å²) in [6.07, 6.45) is 15.6. The zero-order chi connectivity index (χ0) is 72.0. The number of para-hydroxylation sites is 2. The van der Waals surface area contributed by atoms with Gasteiger partial charge in [-0.1, -0.05) is 118 Å². The molecule has 3 aliphatic heterocycles. The number of aromatic nitrogens is 3. The van der Waals surface area contributed by atoms with Crippen molar-refractivity contribution in [2.75, 3.05) is 87.9 Å². The minimum atomic E-state index is -4.48. The molecule has 4 amide bonds. The van der Waals surface area contributed by atoms with Crippen LogP contribution in [0.4, 0.5) is 17.1 Å². The Morgan fingerprint density at radius 2 is 1.36 bits per heavy atom. The van der Waals surface area contributed by atoms with Gasteiger partial charge in [-0.2, -0.15) is 21.4 Å². The van der Waals surface area contributed by atoms with Gasteiger partial charge in [-0.3, -0.25) is 33.1 Å². The number of aliphatic carboxylic acids is 1. The van der Waals surface area contributed by atoms with E-state index in [4.69, 9.17) is 25.1 Å². The molecular weight excluding hydrogens is 1320 g/mol. The summed E-state index contributed by atoms with van der Waals surface area (Å²) in [5.41, 5.74) is 15.0. The van der Waals surface area contributed by atoms with Gasteiger partial charge < -0.3 is 50.8 Å². The number of anilines is 2.